The molecule has 0 bridgehead atoms. The van der Waals surface area contributed by atoms with Crippen molar-refractivity contribution in [2.75, 3.05) is 53.6 Å². The molecule has 0 heterocycles. The van der Waals surface area contributed by atoms with E-state index in [9.17, 15) is 28.8 Å². The number of nitrogens with zero attached hydrogens (tertiary/aromatic N) is 1. The van der Waals surface area contributed by atoms with Crippen molar-refractivity contribution in [2.24, 2.45) is 0 Å². The molecule has 0 aliphatic rings. The number of hydrogen-bond donors (Lipinski definition) is 1. The summed E-state index contributed by atoms with van der Waals surface area (Å²) in [5.41, 5.74) is 0. The van der Waals surface area contributed by atoms with E-state index >= 15 is 0 Å². The molecule has 0 radical (unpaired) electrons. The van der Waals surface area contributed by atoms with Gasteiger partial charge in [-0.2, -0.15) is 0 Å². The molecule has 0 aromatic rings. The Labute approximate surface area is 224 Å². The Morgan fingerprint density at radius 2 is 1.06 bits per heavy atom. The molecule has 1 amide bonds. The zero-order valence-electron chi connectivity index (χ0n) is 21.9. The zero-order valence-corrected chi connectivity index (χ0v) is 23.5. The van der Waals surface area contributed by atoms with E-state index in [0.29, 0.717) is 26.4 Å². The molecule has 0 aliphatic heterocycles. The molecule has 1 N–H and O–H groups in total. The van der Waals surface area contributed by atoms with Gasteiger partial charge in [-0.1, -0.05) is 0 Å². The van der Waals surface area contributed by atoms with Crippen LogP contribution in [-0.2, 0) is 47.7 Å². The minimum Gasteiger partial charge on any atom is -0.466 e. The van der Waals surface area contributed by atoms with Gasteiger partial charge in [0.2, 0.25) is 11.1 Å². The lowest BCUT2D eigenvalue weighted by Gasteiger charge is -2.15. The highest BCUT2D eigenvalue weighted by atomic mass is 35.5. The summed E-state index contributed by atoms with van der Waals surface area (Å²) in [6.45, 7) is 8.47. The molecule has 0 aliphatic carbocycles. The molecule has 0 saturated carbocycles. The first-order valence-corrected chi connectivity index (χ1v) is 11.6. The smallest absolute Gasteiger partial charge is 0.325 e. The van der Waals surface area contributed by atoms with Crippen LogP contribution in [-0.4, -0.2) is 93.5 Å². The first-order valence-electron chi connectivity index (χ1n) is 11.2. The van der Waals surface area contributed by atoms with E-state index in [2.05, 4.69) is 14.8 Å². The number of carbonyl (C=O) groups is 6. The largest absolute Gasteiger partial charge is 0.466 e. The maximum atomic E-state index is 11.5. The van der Waals surface area contributed by atoms with Gasteiger partial charge >= 0.3 is 23.9 Å². The topological polar surface area (TPSA) is 155 Å². The molecule has 0 atom stereocenters. The number of rotatable bonds is 14. The van der Waals surface area contributed by atoms with Crippen molar-refractivity contribution >= 4 is 59.0 Å². The summed E-state index contributed by atoms with van der Waals surface area (Å²) < 4.78 is 18.5. The van der Waals surface area contributed by atoms with Gasteiger partial charge in [0.25, 0.3) is 0 Å². The second kappa shape index (κ2) is 28.8. The van der Waals surface area contributed by atoms with Gasteiger partial charge in [-0.25, -0.2) is 0 Å². The second-order valence-corrected chi connectivity index (χ2v) is 6.78. The van der Waals surface area contributed by atoms with Crippen molar-refractivity contribution in [3.05, 3.63) is 0 Å². The predicted molar refractivity (Wildman–Crippen MR) is 135 cm³/mol. The first kappa shape index (κ1) is 40.7. The summed E-state index contributed by atoms with van der Waals surface area (Å²) in [4.78, 5) is 65.8. The van der Waals surface area contributed by atoms with Gasteiger partial charge < -0.3 is 29.2 Å². The van der Waals surface area contributed by atoms with Gasteiger partial charge in [-0.05, 0) is 46.3 Å². The van der Waals surface area contributed by atoms with Gasteiger partial charge in [0.05, 0.1) is 45.8 Å². The van der Waals surface area contributed by atoms with Crippen molar-refractivity contribution in [2.45, 2.75) is 53.4 Å². The van der Waals surface area contributed by atoms with E-state index < -0.39 is 17.2 Å². The molecule has 0 rings (SSSR count). The number of amides is 1. The molecule has 12 nitrogen and oxygen atoms in total. The SMILES string of the molecule is CCOC(=O)CCC(=O)Cl.CCOC(=O)CCC(=O)N(C)CC(=O)OCC.CCOC(=O)CNC.Cl. The summed E-state index contributed by atoms with van der Waals surface area (Å²) in [5.74, 6) is -1.73. The van der Waals surface area contributed by atoms with Crippen LogP contribution >= 0.6 is 24.0 Å². The molecule has 0 saturated heterocycles. The normalized spacial score (nSPS) is 8.97. The number of esters is 4. The van der Waals surface area contributed by atoms with Crippen LogP contribution in [0.5, 0.6) is 0 Å². The molecular formula is C22H40Cl2N2O10. The fraction of sp³-hybridized carbons (Fsp3) is 0.727. The minimum atomic E-state index is -0.506. The van der Waals surface area contributed by atoms with Gasteiger partial charge in [0.15, 0.2) is 0 Å². The Morgan fingerprint density at radius 1 is 0.667 bits per heavy atom. The van der Waals surface area contributed by atoms with Crippen LogP contribution in [0.25, 0.3) is 0 Å². The summed E-state index contributed by atoms with van der Waals surface area (Å²) in [7, 11) is 3.20. The molecule has 0 fully saturated rings. The van der Waals surface area contributed by atoms with E-state index in [1.54, 1.807) is 34.7 Å². The van der Waals surface area contributed by atoms with Gasteiger partial charge in [-0.15, -0.1) is 12.4 Å². The summed E-state index contributed by atoms with van der Waals surface area (Å²) in [5, 5.41) is 2.17. The van der Waals surface area contributed by atoms with Gasteiger partial charge in [0, 0.05) is 19.9 Å². The Bertz CT molecular complexity index is 640. The van der Waals surface area contributed by atoms with E-state index in [0.717, 1.165) is 0 Å². The third kappa shape index (κ3) is 31.6. The summed E-state index contributed by atoms with van der Waals surface area (Å²) >= 11 is 4.98. The molecule has 0 aromatic heterocycles. The highest BCUT2D eigenvalue weighted by Crippen LogP contribution is 1.99. The molecule has 0 aromatic carbocycles. The quantitative estimate of drug-likeness (QED) is 0.186. The summed E-state index contributed by atoms with van der Waals surface area (Å²) in [6.07, 6.45) is 0.200. The maximum Gasteiger partial charge on any atom is 0.325 e. The van der Waals surface area contributed by atoms with Crippen LogP contribution in [0.1, 0.15) is 53.4 Å². The molecule has 14 heteroatoms. The van der Waals surface area contributed by atoms with E-state index in [1.807, 2.05) is 0 Å². The van der Waals surface area contributed by atoms with Crippen LogP contribution in [0.4, 0.5) is 0 Å². The van der Waals surface area contributed by atoms with Crippen LogP contribution < -0.4 is 5.32 Å². The zero-order chi connectivity index (χ0) is 27.6. The highest BCUT2D eigenvalue weighted by molar-refractivity contribution is 6.63. The number of hydrogen-bond acceptors (Lipinski definition) is 11. The minimum absolute atomic E-state index is 0. The Hall–Kier alpha value is -2.44. The first-order chi connectivity index (χ1) is 16.5. The molecule has 212 valence electrons. The highest BCUT2D eigenvalue weighted by Gasteiger charge is 2.15. The number of carbonyl (C=O) groups excluding carboxylic acids is 6. The molecular weight excluding hydrogens is 523 g/mol. The van der Waals surface area contributed by atoms with Crippen LogP contribution in [0.15, 0.2) is 0 Å². The molecule has 0 unspecified atom stereocenters. The number of likely N-dealkylation sites (N-methyl/N-ethyl adjacent to an activating group) is 2. The Balaban J connectivity index is -0.000000230. The van der Waals surface area contributed by atoms with Crippen molar-refractivity contribution in [3.8, 4) is 0 Å². The van der Waals surface area contributed by atoms with Crippen molar-refractivity contribution < 1.29 is 47.7 Å². The van der Waals surface area contributed by atoms with Crippen molar-refractivity contribution in [1.29, 1.82) is 0 Å². The fourth-order valence-electron chi connectivity index (χ4n) is 1.91. The maximum absolute atomic E-state index is 11.5. The predicted octanol–water partition coefficient (Wildman–Crippen LogP) is 1.64. The third-order valence-electron chi connectivity index (χ3n) is 3.40. The fourth-order valence-corrected chi connectivity index (χ4v) is 2.01. The lowest BCUT2D eigenvalue weighted by Crippen LogP contribution is -2.33. The van der Waals surface area contributed by atoms with Crippen LogP contribution in [0.2, 0.25) is 0 Å². The standard InChI is InChI=1S/C11H19NO5.C6H9ClO3.C5H11NO2.ClH/c1-4-16-10(14)7-6-9(13)12(3)8-11(15)17-5-2;1-2-10-6(9)4-3-5(7)8;1-3-8-5(7)4-6-2;/h4-8H2,1-3H3;2-4H2,1H3;6H,3-4H2,1-2H3;1H. The number of nitrogens with one attached hydrogen (secondary N) is 1. The van der Waals surface area contributed by atoms with Gasteiger partial charge in [-0.3, -0.25) is 28.8 Å². The number of ether oxygens (including phenoxy) is 4. The Kier molecular flexibility index (Phi) is 32.6. The summed E-state index contributed by atoms with van der Waals surface area (Å²) in [6, 6.07) is 0. The average molecular weight is 563 g/mol. The lowest BCUT2D eigenvalue weighted by atomic mass is 10.3. The van der Waals surface area contributed by atoms with Crippen LogP contribution in [0.3, 0.4) is 0 Å². The monoisotopic (exact) mass is 562 g/mol. The second-order valence-electron chi connectivity index (χ2n) is 6.36. The molecule has 36 heavy (non-hydrogen) atoms. The van der Waals surface area contributed by atoms with Crippen LogP contribution in [0, 0.1) is 0 Å². The number of halogens is 2. The van der Waals surface area contributed by atoms with Gasteiger partial charge in [0.1, 0.15) is 6.54 Å². The Morgan fingerprint density at radius 3 is 1.44 bits per heavy atom. The molecule has 0 spiro atoms. The van der Waals surface area contributed by atoms with E-state index in [4.69, 9.17) is 21.1 Å². The average Bonchev–Trinajstić information content (AvgIpc) is 2.78. The van der Waals surface area contributed by atoms with Crippen molar-refractivity contribution in [3.63, 3.8) is 0 Å². The third-order valence-corrected chi connectivity index (χ3v) is 3.59. The lowest BCUT2D eigenvalue weighted by molar-refractivity contribution is -0.149. The van der Waals surface area contributed by atoms with Crippen molar-refractivity contribution in [1.82, 2.24) is 10.2 Å². The van der Waals surface area contributed by atoms with E-state index in [-0.39, 0.29) is 69.1 Å². The van der Waals surface area contributed by atoms with E-state index in [1.165, 1.54) is 11.9 Å².